The number of benzene rings is 1. The quantitative estimate of drug-likeness (QED) is 0.724. The molecule has 0 heterocycles. The van der Waals surface area contributed by atoms with Crippen molar-refractivity contribution in [1.29, 1.82) is 0 Å². The minimum absolute atomic E-state index is 0.316. The van der Waals surface area contributed by atoms with Gasteiger partial charge >= 0.3 is 11.9 Å². The molecule has 5 nitrogen and oxygen atoms in total. The molecule has 1 rings (SSSR count). The van der Waals surface area contributed by atoms with E-state index in [2.05, 4.69) is 5.32 Å². The third-order valence-corrected chi connectivity index (χ3v) is 1.76. The average Bonchev–Trinajstić information content (AvgIpc) is 2.21. The SMILES string of the molecule is COCc1ccccc1NC(=O)C(=O)O. The van der Waals surface area contributed by atoms with Gasteiger partial charge < -0.3 is 15.2 Å². The number of nitrogens with one attached hydrogen (secondary N) is 1. The van der Waals surface area contributed by atoms with E-state index in [1.807, 2.05) is 0 Å². The van der Waals surface area contributed by atoms with E-state index in [-0.39, 0.29) is 0 Å². The van der Waals surface area contributed by atoms with Gasteiger partial charge in [-0.05, 0) is 6.07 Å². The molecule has 0 aliphatic carbocycles. The first-order valence-electron chi connectivity index (χ1n) is 4.26. The van der Waals surface area contributed by atoms with Crippen molar-refractivity contribution in [2.75, 3.05) is 12.4 Å². The molecule has 0 bridgehead atoms. The molecular weight excluding hydrogens is 198 g/mol. The van der Waals surface area contributed by atoms with Crippen molar-refractivity contribution in [3.63, 3.8) is 0 Å². The van der Waals surface area contributed by atoms with Crippen molar-refractivity contribution in [3.8, 4) is 0 Å². The van der Waals surface area contributed by atoms with Crippen molar-refractivity contribution >= 4 is 17.6 Å². The number of carboxylic acid groups (broad SMARTS) is 1. The lowest BCUT2D eigenvalue weighted by atomic mass is 10.2. The Morgan fingerprint density at radius 1 is 1.40 bits per heavy atom. The fraction of sp³-hybridized carbons (Fsp3) is 0.200. The molecule has 0 unspecified atom stereocenters. The summed E-state index contributed by atoms with van der Waals surface area (Å²) in [5.74, 6) is -2.57. The van der Waals surface area contributed by atoms with Crippen molar-refractivity contribution in [2.45, 2.75) is 6.61 Å². The Hall–Kier alpha value is -1.88. The summed E-state index contributed by atoms with van der Waals surface area (Å²) in [7, 11) is 1.52. The number of carbonyl (C=O) groups excluding carboxylic acids is 1. The number of carbonyl (C=O) groups is 2. The maximum Gasteiger partial charge on any atom is 0.394 e. The number of hydrogen-bond donors (Lipinski definition) is 2. The third-order valence-electron chi connectivity index (χ3n) is 1.76. The van der Waals surface area contributed by atoms with E-state index < -0.39 is 11.9 Å². The topological polar surface area (TPSA) is 75.6 Å². The van der Waals surface area contributed by atoms with E-state index in [1.54, 1.807) is 24.3 Å². The molecule has 15 heavy (non-hydrogen) atoms. The maximum absolute atomic E-state index is 10.9. The molecule has 0 aliphatic heterocycles. The Morgan fingerprint density at radius 3 is 2.67 bits per heavy atom. The predicted octanol–water partition coefficient (Wildman–Crippen LogP) is 0.856. The Kier molecular flexibility index (Phi) is 3.82. The van der Waals surface area contributed by atoms with Gasteiger partial charge in [-0.1, -0.05) is 18.2 Å². The number of para-hydroxylation sites is 1. The molecule has 0 spiro atoms. The monoisotopic (exact) mass is 209 g/mol. The number of carboxylic acids is 1. The molecule has 0 saturated heterocycles. The predicted molar refractivity (Wildman–Crippen MR) is 53.4 cm³/mol. The minimum atomic E-state index is -1.51. The summed E-state index contributed by atoms with van der Waals surface area (Å²) in [6.45, 7) is 0.316. The highest BCUT2D eigenvalue weighted by Gasteiger charge is 2.12. The Bertz CT molecular complexity index is 375. The van der Waals surface area contributed by atoms with E-state index >= 15 is 0 Å². The van der Waals surface area contributed by atoms with Crippen molar-refractivity contribution in [3.05, 3.63) is 29.8 Å². The zero-order chi connectivity index (χ0) is 11.3. The summed E-state index contributed by atoms with van der Waals surface area (Å²) in [6, 6.07) is 6.86. The lowest BCUT2D eigenvalue weighted by Crippen LogP contribution is -2.22. The van der Waals surface area contributed by atoms with E-state index in [0.29, 0.717) is 12.3 Å². The van der Waals surface area contributed by atoms with Gasteiger partial charge in [-0.3, -0.25) is 4.79 Å². The number of hydrogen-bond acceptors (Lipinski definition) is 3. The molecule has 5 heteroatoms. The average molecular weight is 209 g/mol. The second kappa shape index (κ2) is 5.11. The van der Waals surface area contributed by atoms with E-state index in [9.17, 15) is 9.59 Å². The van der Waals surface area contributed by atoms with Gasteiger partial charge in [0.05, 0.1) is 6.61 Å². The minimum Gasteiger partial charge on any atom is -0.474 e. The molecule has 0 radical (unpaired) electrons. The van der Waals surface area contributed by atoms with Gasteiger partial charge in [0.15, 0.2) is 0 Å². The van der Waals surface area contributed by atoms with Crippen LogP contribution in [0.3, 0.4) is 0 Å². The number of methoxy groups -OCH3 is 1. The Labute approximate surface area is 86.7 Å². The van der Waals surface area contributed by atoms with Crippen LogP contribution in [0.15, 0.2) is 24.3 Å². The lowest BCUT2D eigenvalue weighted by molar-refractivity contribution is -0.147. The van der Waals surface area contributed by atoms with Gasteiger partial charge in [0.2, 0.25) is 0 Å². The Balaban J connectivity index is 2.84. The van der Waals surface area contributed by atoms with Crippen molar-refractivity contribution in [1.82, 2.24) is 0 Å². The number of amides is 1. The first-order chi connectivity index (χ1) is 7.15. The second-order valence-electron chi connectivity index (χ2n) is 2.85. The van der Waals surface area contributed by atoms with Crippen molar-refractivity contribution < 1.29 is 19.4 Å². The highest BCUT2D eigenvalue weighted by Crippen LogP contribution is 2.15. The van der Waals surface area contributed by atoms with Gasteiger partial charge in [-0.15, -0.1) is 0 Å². The molecule has 0 atom stereocenters. The zero-order valence-corrected chi connectivity index (χ0v) is 8.19. The molecule has 0 aliphatic rings. The summed E-state index contributed by atoms with van der Waals surface area (Å²) in [6.07, 6.45) is 0. The third kappa shape index (κ3) is 3.07. The van der Waals surface area contributed by atoms with Crippen LogP contribution in [0.2, 0.25) is 0 Å². The molecule has 80 valence electrons. The molecule has 0 fully saturated rings. The molecular formula is C10H11NO4. The first kappa shape index (κ1) is 11.2. The number of anilines is 1. The van der Waals surface area contributed by atoms with E-state index in [1.165, 1.54) is 7.11 Å². The van der Waals surface area contributed by atoms with Crippen LogP contribution >= 0.6 is 0 Å². The van der Waals surface area contributed by atoms with Crippen LogP contribution in [-0.4, -0.2) is 24.1 Å². The first-order valence-corrected chi connectivity index (χ1v) is 4.26. The molecule has 2 N–H and O–H groups in total. The van der Waals surface area contributed by atoms with Crippen LogP contribution in [0.5, 0.6) is 0 Å². The Morgan fingerprint density at radius 2 is 2.07 bits per heavy atom. The maximum atomic E-state index is 10.9. The summed E-state index contributed by atoms with van der Waals surface area (Å²) < 4.78 is 4.91. The van der Waals surface area contributed by atoms with Gasteiger partial charge in [0.25, 0.3) is 0 Å². The van der Waals surface area contributed by atoms with Crippen molar-refractivity contribution in [2.24, 2.45) is 0 Å². The highest BCUT2D eigenvalue weighted by atomic mass is 16.5. The zero-order valence-electron chi connectivity index (χ0n) is 8.19. The number of rotatable bonds is 3. The van der Waals surface area contributed by atoms with Crippen LogP contribution in [0.1, 0.15) is 5.56 Å². The van der Waals surface area contributed by atoms with Gasteiger partial charge in [-0.25, -0.2) is 4.79 Å². The fourth-order valence-corrected chi connectivity index (χ4v) is 1.10. The molecule has 0 saturated carbocycles. The lowest BCUT2D eigenvalue weighted by Gasteiger charge is -2.08. The van der Waals surface area contributed by atoms with Crippen LogP contribution in [0, 0.1) is 0 Å². The largest absolute Gasteiger partial charge is 0.474 e. The van der Waals surface area contributed by atoms with E-state index in [4.69, 9.17) is 9.84 Å². The second-order valence-corrected chi connectivity index (χ2v) is 2.85. The molecule has 1 amide bonds. The molecule has 1 aromatic rings. The summed E-state index contributed by atoms with van der Waals surface area (Å²) in [5.41, 5.74) is 1.18. The summed E-state index contributed by atoms with van der Waals surface area (Å²) >= 11 is 0. The summed E-state index contributed by atoms with van der Waals surface area (Å²) in [4.78, 5) is 21.2. The standard InChI is InChI=1S/C10H11NO4/c1-15-6-7-4-2-3-5-8(7)11-9(12)10(13)14/h2-5H,6H2,1H3,(H,11,12)(H,13,14). The van der Waals surface area contributed by atoms with Gasteiger partial charge in [0.1, 0.15) is 0 Å². The van der Waals surface area contributed by atoms with Crippen LogP contribution < -0.4 is 5.32 Å². The van der Waals surface area contributed by atoms with Crippen LogP contribution in [0.25, 0.3) is 0 Å². The smallest absolute Gasteiger partial charge is 0.394 e. The van der Waals surface area contributed by atoms with E-state index in [0.717, 1.165) is 5.56 Å². The number of aliphatic carboxylic acids is 1. The van der Waals surface area contributed by atoms with Gasteiger partial charge in [0, 0.05) is 18.4 Å². The molecule has 1 aromatic carbocycles. The van der Waals surface area contributed by atoms with Gasteiger partial charge in [-0.2, -0.15) is 0 Å². The number of ether oxygens (including phenoxy) is 1. The normalized spacial score (nSPS) is 9.67. The van der Waals surface area contributed by atoms with Crippen LogP contribution in [-0.2, 0) is 20.9 Å². The van der Waals surface area contributed by atoms with Crippen LogP contribution in [0.4, 0.5) is 5.69 Å². The summed E-state index contributed by atoms with van der Waals surface area (Å²) in [5, 5.41) is 10.7. The molecule has 0 aromatic heterocycles. The highest BCUT2D eigenvalue weighted by molar-refractivity contribution is 6.36. The fourth-order valence-electron chi connectivity index (χ4n) is 1.10.